The molecular formula is C15H30N2. The van der Waals surface area contributed by atoms with Crippen molar-refractivity contribution in [1.82, 2.24) is 0 Å². The highest BCUT2D eigenvalue weighted by molar-refractivity contribution is 4.89. The van der Waals surface area contributed by atoms with Gasteiger partial charge < -0.3 is 11.5 Å². The largest absolute Gasteiger partial charge is 0.327 e. The molecule has 6 unspecified atom stereocenters. The third-order valence-electron chi connectivity index (χ3n) is 5.48. The Kier molecular flexibility index (Phi) is 4.48. The number of nitrogens with two attached hydrogens (primary N) is 2. The van der Waals surface area contributed by atoms with Gasteiger partial charge in [-0.2, -0.15) is 0 Å². The summed E-state index contributed by atoms with van der Waals surface area (Å²) in [6.45, 7) is 4.64. The van der Waals surface area contributed by atoms with Gasteiger partial charge in [-0.05, 0) is 55.8 Å². The summed E-state index contributed by atoms with van der Waals surface area (Å²) in [6.07, 6.45) is 9.35. The van der Waals surface area contributed by atoms with Crippen molar-refractivity contribution in [3.63, 3.8) is 0 Å². The standard InChI is InChI=1S/C15H30N2/c1-10-5-3-7-12(14(10)16)9-13-8-4-6-11(2)15(13)17/h10-15H,3-9,16-17H2,1-2H3. The van der Waals surface area contributed by atoms with Gasteiger partial charge in [-0.1, -0.05) is 26.7 Å². The van der Waals surface area contributed by atoms with Gasteiger partial charge in [0.05, 0.1) is 0 Å². The zero-order valence-electron chi connectivity index (χ0n) is 11.6. The molecule has 0 amide bonds. The van der Waals surface area contributed by atoms with Gasteiger partial charge in [0.1, 0.15) is 0 Å². The van der Waals surface area contributed by atoms with Crippen LogP contribution in [0, 0.1) is 23.7 Å². The molecule has 6 atom stereocenters. The smallest absolute Gasteiger partial charge is 0.00931 e. The highest BCUT2D eigenvalue weighted by Gasteiger charge is 2.34. The van der Waals surface area contributed by atoms with Gasteiger partial charge in [0.15, 0.2) is 0 Å². The third-order valence-corrected chi connectivity index (χ3v) is 5.48. The van der Waals surface area contributed by atoms with Crippen molar-refractivity contribution < 1.29 is 0 Å². The molecule has 2 heteroatoms. The molecule has 2 aliphatic rings. The van der Waals surface area contributed by atoms with E-state index in [1.807, 2.05) is 0 Å². The average Bonchev–Trinajstić information content (AvgIpc) is 2.31. The molecule has 2 nitrogen and oxygen atoms in total. The summed E-state index contributed by atoms with van der Waals surface area (Å²) >= 11 is 0. The average molecular weight is 238 g/mol. The molecule has 0 bridgehead atoms. The van der Waals surface area contributed by atoms with E-state index >= 15 is 0 Å². The van der Waals surface area contributed by atoms with Crippen LogP contribution >= 0.6 is 0 Å². The van der Waals surface area contributed by atoms with Crippen LogP contribution in [0.5, 0.6) is 0 Å². The first kappa shape index (κ1) is 13.4. The second kappa shape index (κ2) is 5.71. The van der Waals surface area contributed by atoms with Crippen molar-refractivity contribution in [2.24, 2.45) is 35.1 Å². The van der Waals surface area contributed by atoms with Crippen LogP contribution in [0.3, 0.4) is 0 Å². The van der Waals surface area contributed by atoms with Crippen molar-refractivity contribution in [3.05, 3.63) is 0 Å². The lowest BCUT2D eigenvalue weighted by atomic mass is 9.69. The summed E-state index contributed by atoms with van der Waals surface area (Å²) in [5, 5.41) is 0. The quantitative estimate of drug-likeness (QED) is 0.777. The van der Waals surface area contributed by atoms with Crippen LogP contribution in [0.2, 0.25) is 0 Å². The molecule has 0 aromatic rings. The molecule has 0 heterocycles. The normalized spacial score (nSPS) is 48.0. The molecule has 0 aromatic heterocycles. The first-order valence-electron chi connectivity index (χ1n) is 7.60. The van der Waals surface area contributed by atoms with E-state index in [2.05, 4.69) is 13.8 Å². The fourth-order valence-electron chi connectivity index (χ4n) is 4.04. The summed E-state index contributed by atoms with van der Waals surface area (Å²) in [5.41, 5.74) is 12.8. The molecule has 0 spiro atoms. The van der Waals surface area contributed by atoms with E-state index < -0.39 is 0 Å². The fourth-order valence-corrected chi connectivity index (χ4v) is 4.04. The molecule has 0 aliphatic heterocycles. The summed E-state index contributed by atoms with van der Waals surface area (Å²) in [7, 11) is 0. The lowest BCUT2D eigenvalue weighted by Gasteiger charge is -2.40. The minimum absolute atomic E-state index is 0.424. The molecule has 0 saturated heterocycles. The van der Waals surface area contributed by atoms with Crippen molar-refractivity contribution >= 4 is 0 Å². The Morgan fingerprint density at radius 1 is 0.765 bits per heavy atom. The monoisotopic (exact) mass is 238 g/mol. The van der Waals surface area contributed by atoms with Crippen LogP contribution in [-0.2, 0) is 0 Å². The van der Waals surface area contributed by atoms with Crippen molar-refractivity contribution in [2.45, 2.75) is 70.9 Å². The number of rotatable bonds is 2. The highest BCUT2D eigenvalue weighted by atomic mass is 14.7. The van der Waals surface area contributed by atoms with Gasteiger partial charge in [-0.15, -0.1) is 0 Å². The SMILES string of the molecule is CC1CCCC(CC2CCCC(C)C2N)C1N. The van der Waals surface area contributed by atoms with E-state index in [1.165, 1.54) is 44.9 Å². The second-order valence-corrected chi connectivity index (χ2v) is 6.73. The lowest BCUT2D eigenvalue weighted by molar-refractivity contribution is 0.149. The van der Waals surface area contributed by atoms with E-state index in [0.717, 1.165) is 11.8 Å². The topological polar surface area (TPSA) is 52.0 Å². The van der Waals surface area contributed by atoms with Gasteiger partial charge >= 0.3 is 0 Å². The number of hydrogen-bond donors (Lipinski definition) is 2. The maximum absolute atomic E-state index is 6.38. The molecule has 2 rings (SSSR count). The Bertz CT molecular complexity index is 217. The maximum atomic E-state index is 6.38. The Morgan fingerprint density at radius 3 is 1.59 bits per heavy atom. The zero-order valence-corrected chi connectivity index (χ0v) is 11.6. The van der Waals surface area contributed by atoms with Gasteiger partial charge in [-0.25, -0.2) is 0 Å². The van der Waals surface area contributed by atoms with E-state index in [4.69, 9.17) is 11.5 Å². The Morgan fingerprint density at radius 2 is 1.18 bits per heavy atom. The summed E-state index contributed by atoms with van der Waals surface area (Å²) < 4.78 is 0. The zero-order chi connectivity index (χ0) is 12.4. The summed E-state index contributed by atoms with van der Waals surface area (Å²) in [6, 6.07) is 0.848. The van der Waals surface area contributed by atoms with Crippen LogP contribution in [-0.4, -0.2) is 12.1 Å². The summed E-state index contributed by atoms with van der Waals surface area (Å²) in [4.78, 5) is 0. The molecule has 17 heavy (non-hydrogen) atoms. The van der Waals surface area contributed by atoms with Crippen LogP contribution < -0.4 is 11.5 Å². The Hall–Kier alpha value is -0.0800. The molecule has 100 valence electrons. The van der Waals surface area contributed by atoms with E-state index in [9.17, 15) is 0 Å². The molecule has 2 saturated carbocycles. The molecule has 0 radical (unpaired) electrons. The maximum Gasteiger partial charge on any atom is 0.00931 e. The second-order valence-electron chi connectivity index (χ2n) is 6.73. The molecule has 0 aromatic carbocycles. The molecule has 4 N–H and O–H groups in total. The van der Waals surface area contributed by atoms with Gasteiger partial charge in [0.2, 0.25) is 0 Å². The summed E-state index contributed by atoms with van der Waals surface area (Å²) in [5.74, 6) is 2.90. The Balaban J connectivity index is 1.90. The predicted molar refractivity (Wildman–Crippen MR) is 73.6 cm³/mol. The van der Waals surface area contributed by atoms with Gasteiger partial charge in [-0.3, -0.25) is 0 Å². The lowest BCUT2D eigenvalue weighted by Crippen LogP contribution is -2.45. The third kappa shape index (κ3) is 3.03. The first-order valence-corrected chi connectivity index (χ1v) is 7.60. The van der Waals surface area contributed by atoms with Crippen LogP contribution in [0.25, 0.3) is 0 Å². The van der Waals surface area contributed by atoms with E-state index in [1.54, 1.807) is 0 Å². The highest BCUT2D eigenvalue weighted by Crippen LogP contribution is 2.37. The molecular weight excluding hydrogens is 208 g/mol. The molecule has 2 fully saturated rings. The van der Waals surface area contributed by atoms with Crippen molar-refractivity contribution in [3.8, 4) is 0 Å². The van der Waals surface area contributed by atoms with E-state index in [-0.39, 0.29) is 0 Å². The van der Waals surface area contributed by atoms with Crippen molar-refractivity contribution in [2.75, 3.05) is 0 Å². The van der Waals surface area contributed by atoms with Crippen molar-refractivity contribution in [1.29, 1.82) is 0 Å². The number of hydrogen-bond acceptors (Lipinski definition) is 2. The van der Waals surface area contributed by atoms with Gasteiger partial charge in [0, 0.05) is 12.1 Å². The minimum atomic E-state index is 0.424. The van der Waals surface area contributed by atoms with E-state index in [0.29, 0.717) is 23.9 Å². The molecule has 2 aliphatic carbocycles. The van der Waals surface area contributed by atoms with Crippen LogP contribution in [0.4, 0.5) is 0 Å². The van der Waals surface area contributed by atoms with Crippen LogP contribution in [0.15, 0.2) is 0 Å². The first-order chi connectivity index (χ1) is 8.09. The Labute approximate surface area is 107 Å². The minimum Gasteiger partial charge on any atom is -0.327 e. The predicted octanol–water partition coefficient (Wildman–Crippen LogP) is 2.90. The van der Waals surface area contributed by atoms with Crippen LogP contribution in [0.1, 0.15) is 58.8 Å². The fraction of sp³-hybridized carbons (Fsp3) is 1.00. The van der Waals surface area contributed by atoms with Gasteiger partial charge in [0.25, 0.3) is 0 Å².